The van der Waals surface area contributed by atoms with Crippen molar-refractivity contribution in [3.63, 3.8) is 0 Å². The van der Waals surface area contributed by atoms with Crippen LogP contribution in [0.15, 0.2) is 86.0 Å². The number of esters is 1. The number of ether oxygens (including phenoxy) is 1. The fraction of sp³-hybridized carbons (Fsp3) is 0.357. The van der Waals surface area contributed by atoms with E-state index in [4.69, 9.17) is 21.4 Å². The first-order valence-corrected chi connectivity index (χ1v) is 13.5. The number of carbonyl (C=O) groups is 2. The highest BCUT2D eigenvalue weighted by Crippen LogP contribution is 2.35. The van der Waals surface area contributed by atoms with Crippen LogP contribution in [0.3, 0.4) is 0 Å². The second kappa shape index (κ2) is 18.3. The first-order valence-electron chi connectivity index (χ1n) is 11.1. The van der Waals surface area contributed by atoms with E-state index in [1.54, 1.807) is 23.5 Å². The van der Waals surface area contributed by atoms with Crippen LogP contribution >= 0.6 is 35.1 Å². The van der Waals surface area contributed by atoms with Crippen LogP contribution in [0, 0.1) is 0 Å². The molecule has 0 amide bonds. The molecule has 0 bridgehead atoms. The van der Waals surface area contributed by atoms with Crippen molar-refractivity contribution < 1.29 is 19.4 Å². The molecule has 0 saturated heterocycles. The molecule has 4 nitrogen and oxygen atoms in total. The number of hydrogen-bond acceptors (Lipinski definition) is 6. The van der Waals surface area contributed by atoms with Crippen LogP contribution in [0.1, 0.15) is 38.8 Å². The van der Waals surface area contributed by atoms with Gasteiger partial charge in [0.15, 0.2) is 0 Å². The standard InChI is InChI=1S/C14H18O2S.C11H16OS.C3H3ClO/c1-4-13(15)16-10-11-17-14(2,3)12-8-6-5-7-9-12;1-11(2,13-9-8-12)10-6-4-3-5-7-10;1-2-3(4)5/h4-9H,1,10-11H2,2-3H3;3-7,12H,8-9H2,1-2H3;2H,1H2. The van der Waals surface area contributed by atoms with Gasteiger partial charge in [-0.05, 0) is 56.5 Å². The van der Waals surface area contributed by atoms with Crippen LogP contribution in [-0.4, -0.2) is 41.0 Å². The Morgan fingerprint density at radius 2 is 1.26 bits per heavy atom. The fourth-order valence-corrected chi connectivity index (χ4v) is 4.53. The van der Waals surface area contributed by atoms with Crippen molar-refractivity contribution in [2.75, 3.05) is 24.7 Å². The third-order valence-electron chi connectivity index (χ3n) is 4.61. The summed E-state index contributed by atoms with van der Waals surface area (Å²) in [5.41, 5.74) is 2.59. The highest BCUT2D eigenvalue weighted by Gasteiger charge is 2.21. The zero-order valence-electron chi connectivity index (χ0n) is 21.0. The fourth-order valence-electron chi connectivity index (χ4n) is 2.64. The average Bonchev–Trinajstić information content (AvgIpc) is 2.87. The van der Waals surface area contributed by atoms with Gasteiger partial charge in [-0.3, -0.25) is 4.79 Å². The van der Waals surface area contributed by atoms with Gasteiger partial charge in [0.1, 0.15) is 6.61 Å². The zero-order chi connectivity index (χ0) is 26.7. The van der Waals surface area contributed by atoms with Gasteiger partial charge in [0.2, 0.25) is 5.24 Å². The SMILES string of the molecule is C=CC(=O)Cl.C=CC(=O)OCCSC(C)(C)c1ccccc1.CC(C)(SCCO)c1ccccc1. The number of benzene rings is 2. The summed E-state index contributed by atoms with van der Waals surface area (Å²) in [5.74, 6) is 1.21. The predicted octanol–water partition coefficient (Wildman–Crippen LogP) is 6.97. The molecule has 0 aliphatic heterocycles. The Morgan fingerprint density at radius 3 is 1.60 bits per heavy atom. The molecule has 2 rings (SSSR count). The Labute approximate surface area is 224 Å². The third kappa shape index (κ3) is 15.6. The number of carbonyl (C=O) groups excluding carboxylic acids is 2. The molecule has 192 valence electrons. The number of aliphatic hydroxyl groups excluding tert-OH is 1. The van der Waals surface area contributed by atoms with Gasteiger partial charge >= 0.3 is 5.97 Å². The quantitative estimate of drug-likeness (QED) is 0.145. The van der Waals surface area contributed by atoms with Gasteiger partial charge in [0.05, 0.1) is 6.61 Å². The summed E-state index contributed by atoms with van der Waals surface area (Å²) in [5, 5.41) is 8.25. The van der Waals surface area contributed by atoms with Crippen LogP contribution in [0.5, 0.6) is 0 Å². The summed E-state index contributed by atoms with van der Waals surface area (Å²) >= 11 is 8.26. The van der Waals surface area contributed by atoms with E-state index in [1.807, 2.05) is 24.3 Å². The normalized spacial score (nSPS) is 10.6. The lowest BCUT2D eigenvalue weighted by molar-refractivity contribution is -0.137. The van der Waals surface area contributed by atoms with E-state index in [-0.39, 0.29) is 22.1 Å². The van der Waals surface area contributed by atoms with E-state index in [9.17, 15) is 9.59 Å². The molecule has 0 heterocycles. The molecule has 2 aromatic carbocycles. The van der Waals surface area contributed by atoms with E-state index in [1.165, 1.54) is 17.2 Å². The van der Waals surface area contributed by atoms with Gasteiger partial charge in [-0.1, -0.05) is 73.8 Å². The maximum absolute atomic E-state index is 10.9. The molecule has 7 heteroatoms. The number of hydrogen-bond donors (Lipinski definition) is 1. The minimum atomic E-state index is -0.509. The van der Waals surface area contributed by atoms with Crippen LogP contribution in [0.25, 0.3) is 0 Å². The predicted molar refractivity (Wildman–Crippen MR) is 153 cm³/mol. The number of rotatable bonds is 11. The van der Waals surface area contributed by atoms with E-state index in [2.05, 4.69) is 77.3 Å². The van der Waals surface area contributed by atoms with Crippen LogP contribution in [0.2, 0.25) is 0 Å². The Morgan fingerprint density at radius 1 is 0.857 bits per heavy atom. The van der Waals surface area contributed by atoms with Gasteiger partial charge in [-0.25, -0.2) is 4.79 Å². The minimum Gasteiger partial charge on any atom is -0.462 e. The number of aliphatic hydroxyl groups is 1. The Hall–Kier alpha value is -1.99. The van der Waals surface area contributed by atoms with Gasteiger partial charge in [-0.15, -0.1) is 23.5 Å². The van der Waals surface area contributed by atoms with Gasteiger partial charge in [0.25, 0.3) is 0 Å². The summed E-state index contributed by atoms with van der Waals surface area (Å²) in [7, 11) is 0. The topological polar surface area (TPSA) is 63.6 Å². The molecule has 0 radical (unpaired) electrons. The smallest absolute Gasteiger partial charge is 0.330 e. The molecule has 1 N–H and O–H groups in total. The molecule has 2 aromatic rings. The van der Waals surface area contributed by atoms with Gasteiger partial charge in [-0.2, -0.15) is 0 Å². The van der Waals surface area contributed by atoms with Crippen molar-refractivity contribution in [2.45, 2.75) is 37.2 Å². The number of halogens is 1. The summed E-state index contributed by atoms with van der Waals surface area (Å²) < 4.78 is 5.08. The maximum Gasteiger partial charge on any atom is 0.330 e. The van der Waals surface area contributed by atoms with Crippen molar-refractivity contribution in [3.05, 3.63) is 97.1 Å². The van der Waals surface area contributed by atoms with Gasteiger partial charge < -0.3 is 9.84 Å². The minimum absolute atomic E-state index is 0.0296. The Kier molecular flexibility index (Phi) is 17.3. The Bertz CT molecular complexity index is 884. The molecule has 0 aliphatic rings. The monoisotopic (exact) mass is 536 g/mol. The van der Waals surface area contributed by atoms with Crippen LogP contribution in [-0.2, 0) is 23.8 Å². The van der Waals surface area contributed by atoms with Crippen molar-refractivity contribution >= 4 is 46.3 Å². The first-order chi connectivity index (χ1) is 16.5. The summed E-state index contributed by atoms with van der Waals surface area (Å²) in [6.45, 7) is 15.8. The first kappa shape index (κ1) is 33.0. The molecule has 0 atom stereocenters. The zero-order valence-corrected chi connectivity index (χ0v) is 23.4. The van der Waals surface area contributed by atoms with Crippen LogP contribution < -0.4 is 0 Å². The van der Waals surface area contributed by atoms with Crippen molar-refractivity contribution in [1.29, 1.82) is 0 Å². The number of allylic oxidation sites excluding steroid dienone is 1. The lowest BCUT2D eigenvalue weighted by Crippen LogP contribution is -2.14. The molecular weight excluding hydrogens is 500 g/mol. The lowest BCUT2D eigenvalue weighted by Gasteiger charge is -2.24. The molecule has 0 aromatic heterocycles. The van der Waals surface area contributed by atoms with E-state index >= 15 is 0 Å². The lowest BCUT2D eigenvalue weighted by atomic mass is 10.0. The summed E-state index contributed by atoms with van der Waals surface area (Å²) in [4.78, 5) is 20.3. The molecule has 0 saturated carbocycles. The summed E-state index contributed by atoms with van der Waals surface area (Å²) in [6, 6.07) is 20.7. The maximum atomic E-state index is 10.9. The largest absolute Gasteiger partial charge is 0.462 e. The highest BCUT2D eigenvalue weighted by atomic mass is 35.5. The molecular formula is C28H37ClO4S2. The van der Waals surface area contributed by atoms with Crippen molar-refractivity contribution in [3.8, 4) is 0 Å². The second-order valence-electron chi connectivity index (χ2n) is 8.05. The number of thioether (sulfide) groups is 2. The van der Waals surface area contributed by atoms with E-state index in [0.29, 0.717) is 6.61 Å². The van der Waals surface area contributed by atoms with E-state index in [0.717, 1.165) is 17.6 Å². The molecule has 35 heavy (non-hydrogen) atoms. The van der Waals surface area contributed by atoms with Gasteiger partial charge in [0, 0.05) is 27.1 Å². The second-order valence-corrected chi connectivity index (χ2v) is 11.9. The third-order valence-corrected chi connectivity index (χ3v) is 7.44. The van der Waals surface area contributed by atoms with Crippen molar-refractivity contribution in [2.24, 2.45) is 0 Å². The Balaban J connectivity index is 0.000000567. The van der Waals surface area contributed by atoms with Crippen molar-refractivity contribution in [1.82, 2.24) is 0 Å². The molecule has 0 fully saturated rings. The van der Waals surface area contributed by atoms with E-state index < -0.39 is 5.24 Å². The highest BCUT2D eigenvalue weighted by molar-refractivity contribution is 8.00. The molecule has 0 unspecified atom stereocenters. The molecule has 0 aliphatic carbocycles. The average molecular weight is 537 g/mol. The van der Waals surface area contributed by atoms with Crippen LogP contribution in [0.4, 0.5) is 0 Å². The molecule has 0 spiro atoms. The summed E-state index contributed by atoms with van der Waals surface area (Å²) in [6.07, 6.45) is 2.23.